The van der Waals surface area contributed by atoms with E-state index < -0.39 is 0 Å². The number of rotatable bonds is 5. The highest BCUT2D eigenvalue weighted by molar-refractivity contribution is 6.31. The molecule has 0 aliphatic carbocycles. The minimum atomic E-state index is 0.678. The minimum absolute atomic E-state index is 0.678. The SMILES string of the molecule is Clc1ccc(C(=[C][C][C]N2[C][C]c3ccccc3[C]2)c2ccc(Cl)cc2)cc1. The van der Waals surface area contributed by atoms with E-state index in [1.807, 2.05) is 72.8 Å². The lowest BCUT2D eigenvalue weighted by Crippen LogP contribution is -2.21. The van der Waals surface area contributed by atoms with E-state index in [0.717, 1.165) is 27.8 Å². The molecule has 3 heteroatoms. The second-order valence-corrected chi connectivity index (χ2v) is 6.85. The fourth-order valence-corrected chi connectivity index (χ4v) is 2.95. The highest BCUT2D eigenvalue weighted by Crippen LogP contribution is 2.28. The molecule has 0 fully saturated rings. The zero-order valence-electron chi connectivity index (χ0n) is 14.6. The molecule has 0 saturated heterocycles. The van der Waals surface area contributed by atoms with Gasteiger partial charge in [-0.2, -0.15) is 0 Å². The van der Waals surface area contributed by atoms with Crippen LogP contribution in [0.15, 0.2) is 72.8 Å². The summed E-state index contributed by atoms with van der Waals surface area (Å²) in [5.41, 5.74) is 4.65. The van der Waals surface area contributed by atoms with Crippen LogP contribution in [0, 0.1) is 38.6 Å². The summed E-state index contributed by atoms with van der Waals surface area (Å²) in [7, 11) is 0. The van der Waals surface area contributed by atoms with Crippen molar-refractivity contribution >= 4 is 28.8 Å². The molecule has 0 bridgehead atoms. The van der Waals surface area contributed by atoms with E-state index in [1.165, 1.54) is 4.90 Å². The molecular formula is C25H12Cl2N. The predicted molar refractivity (Wildman–Crippen MR) is 111 cm³/mol. The van der Waals surface area contributed by atoms with Gasteiger partial charge in [0.1, 0.15) is 0 Å². The van der Waals surface area contributed by atoms with Crippen LogP contribution in [0.2, 0.25) is 10.0 Å². The Kier molecular flexibility index (Phi) is 6.17. The largest absolute Gasteiger partial charge is 0.268 e. The number of nitrogens with zero attached hydrogens (tertiary/aromatic N) is 1. The molecule has 0 aromatic heterocycles. The van der Waals surface area contributed by atoms with Crippen LogP contribution in [0.5, 0.6) is 0 Å². The van der Waals surface area contributed by atoms with Crippen molar-refractivity contribution < 1.29 is 0 Å². The summed E-state index contributed by atoms with van der Waals surface area (Å²) < 4.78 is 0. The molecule has 1 aliphatic heterocycles. The van der Waals surface area contributed by atoms with E-state index in [4.69, 9.17) is 23.2 Å². The fraction of sp³-hybridized carbons (Fsp3) is 0. The van der Waals surface area contributed by atoms with Crippen LogP contribution in [0.4, 0.5) is 0 Å². The van der Waals surface area contributed by atoms with Crippen LogP contribution >= 0.6 is 23.2 Å². The van der Waals surface area contributed by atoms with Crippen LogP contribution in [-0.2, 0) is 0 Å². The quantitative estimate of drug-likeness (QED) is 0.494. The minimum Gasteiger partial charge on any atom is -0.268 e. The molecule has 4 rings (SSSR count). The van der Waals surface area contributed by atoms with Crippen LogP contribution in [0.3, 0.4) is 0 Å². The molecule has 3 aromatic carbocycles. The van der Waals surface area contributed by atoms with Gasteiger partial charge in [0.25, 0.3) is 0 Å². The number of benzene rings is 3. The number of hydrogen-bond donors (Lipinski definition) is 0. The fourth-order valence-electron chi connectivity index (χ4n) is 2.70. The summed E-state index contributed by atoms with van der Waals surface area (Å²) >= 11 is 12.1. The van der Waals surface area contributed by atoms with E-state index in [0.29, 0.717) is 10.0 Å². The van der Waals surface area contributed by atoms with Gasteiger partial charge in [0.15, 0.2) is 0 Å². The zero-order valence-corrected chi connectivity index (χ0v) is 16.1. The standard InChI is InChI=1S/C25H12Cl2N/c26-23-11-7-20(8-12-23)25(21-9-13-24(27)14-10-21)6-3-16-28-17-15-19-4-1-2-5-22(19)18-28/h1-2,4-5,7-14H. The molecule has 1 aliphatic rings. The van der Waals surface area contributed by atoms with Crippen molar-refractivity contribution in [3.8, 4) is 0 Å². The van der Waals surface area contributed by atoms with Crippen LogP contribution in [0.1, 0.15) is 22.3 Å². The maximum atomic E-state index is 6.03. The number of hydrogen-bond acceptors (Lipinski definition) is 1. The van der Waals surface area contributed by atoms with Crippen LogP contribution < -0.4 is 0 Å². The molecule has 131 valence electrons. The van der Waals surface area contributed by atoms with E-state index in [-0.39, 0.29) is 0 Å². The van der Waals surface area contributed by atoms with Crippen molar-refractivity contribution in [2.75, 3.05) is 0 Å². The normalized spacial score (nSPS) is 13.8. The molecule has 0 spiro atoms. The Morgan fingerprint density at radius 1 is 0.750 bits per heavy atom. The Hall–Kier alpha value is -2.06. The number of halogens is 2. The molecule has 0 N–H and O–H groups in total. The van der Waals surface area contributed by atoms with Gasteiger partial charge in [-0.3, -0.25) is 4.90 Å². The molecule has 0 atom stereocenters. The summed E-state index contributed by atoms with van der Waals surface area (Å²) in [6.07, 6.45) is 9.23. The summed E-state index contributed by atoms with van der Waals surface area (Å²) in [4.78, 5) is 1.54. The molecule has 3 aromatic rings. The van der Waals surface area contributed by atoms with Gasteiger partial charge in [-0.1, -0.05) is 71.7 Å². The van der Waals surface area contributed by atoms with Gasteiger partial charge in [0, 0.05) is 22.9 Å². The maximum Gasteiger partial charge on any atom is 0.0979 e. The third-order valence-corrected chi connectivity index (χ3v) is 4.59. The topological polar surface area (TPSA) is 3.24 Å². The maximum absolute atomic E-state index is 6.03. The van der Waals surface area contributed by atoms with Crippen molar-refractivity contribution in [3.63, 3.8) is 0 Å². The van der Waals surface area contributed by atoms with E-state index in [2.05, 4.69) is 38.6 Å². The van der Waals surface area contributed by atoms with Gasteiger partial charge < -0.3 is 0 Å². The molecule has 1 nitrogen and oxygen atoms in total. The first-order valence-electron chi connectivity index (χ1n) is 8.52. The van der Waals surface area contributed by atoms with Crippen molar-refractivity contribution in [1.82, 2.24) is 4.90 Å². The Labute approximate surface area is 177 Å². The summed E-state index contributed by atoms with van der Waals surface area (Å²) in [5, 5.41) is 1.36. The summed E-state index contributed by atoms with van der Waals surface area (Å²) in [6, 6.07) is 23.0. The second kappa shape index (κ2) is 8.96. The van der Waals surface area contributed by atoms with E-state index >= 15 is 0 Å². The van der Waals surface area contributed by atoms with Gasteiger partial charge in [-0.15, -0.1) is 0 Å². The molecular weight excluding hydrogens is 385 g/mol. The Balaban J connectivity index is 1.51. The second-order valence-electron chi connectivity index (χ2n) is 5.98. The lowest BCUT2D eigenvalue weighted by molar-refractivity contribution is 0.518. The lowest BCUT2D eigenvalue weighted by Gasteiger charge is -2.24. The first kappa shape index (κ1) is 19.3. The van der Waals surface area contributed by atoms with E-state index in [9.17, 15) is 0 Å². The van der Waals surface area contributed by atoms with Crippen molar-refractivity contribution in [2.45, 2.75) is 0 Å². The third kappa shape index (κ3) is 4.67. The molecule has 0 saturated carbocycles. The summed E-state index contributed by atoms with van der Waals surface area (Å²) in [5.74, 6) is 0. The Bertz CT molecular complexity index is 911. The lowest BCUT2D eigenvalue weighted by atomic mass is 9.96. The molecule has 0 unspecified atom stereocenters. The van der Waals surface area contributed by atoms with Crippen molar-refractivity contribution in [3.05, 3.63) is 144 Å². The van der Waals surface area contributed by atoms with Crippen molar-refractivity contribution in [2.24, 2.45) is 0 Å². The monoisotopic (exact) mass is 396 g/mol. The highest BCUT2D eigenvalue weighted by Gasteiger charge is 2.19. The van der Waals surface area contributed by atoms with Gasteiger partial charge >= 0.3 is 0 Å². The van der Waals surface area contributed by atoms with E-state index in [1.54, 1.807) is 0 Å². The first-order valence-corrected chi connectivity index (χ1v) is 9.27. The number of fused-ring (bicyclic) bond motifs is 1. The molecule has 0 amide bonds. The zero-order chi connectivity index (χ0) is 19.3. The van der Waals surface area contributed by atoms with Crippen molar-refractivity contribution in [1.29, 1.82) is 0 Å². The molecule has 1 heterocycles. The van der Waals surface area contributed by atoms with Crippen LogP contribution in [0.25, 0.3) is 5.57 Å². The Morgan fingerprint density at radius 2 is 1.32 bits per heavy atom. The molecule has 11 radical (unpaired) electrons. The van der Waals surface area contributed by atoms with Gasteiger partial charge in [0.2, 0.25) is 0 Å². The van der Waals surface area contributed by atoms with Gasteiger partial charge in [-0.25, -0.2) is 0 Å². The van der Waals surface area contributed by atoms with Gasteiger partial charge in [-0.05, 0) is 58.2 Å². The summed E-state index contributed by atoms with van der Waals surface area (Å²) in [6.45, 7) is 9.09. The molecule has 28 heavy (non-hydrogen) atoms. The Morgan fingerprint density at radius 3 is 1.93 bits per heavy atom. The highest BCUT2D eigenvalue weighted by atomic mass is 35.5. The third-order valence-electron chi connectivity index (χ3n) is 4.08. The predicted octanol–water partition coefficient (Wildman–Crippen LogP) is 6.22. The average molecular weight is 397 g/mol. The van der Waals surface area contributed by atoms with Crippen LogP contribution in [-0.4, -0.2) is 4.90 Å². The smallest absolute Gasteiger partial charge is 0.0979 e. The average Bonchev–Trinajstić information content (AvgIpc) is 2.73. The first-order chi connectivity index (χ1) is 13.7. The van der Waals surface area contributed by atoms with Gasteiger partial charge in [0.05, 0.1) is 19.6 Å².